The molecular weight excluding hydrogens is 274 g/mol. The van der Waals surface area contributed by atoms with Crippen LogP contribution in [0.4, 0.5) is 11.4 Å². The van der Waals surface area contributed by atoms with Crippen molar-refractivity contribution < 1.29 is 4.74 Å². The highest BCUT2D eigenvalue weighted by molar-refractivity contribution is 6.30. The van der Waals surface area contributed by atoms with Crippen molar-refractivity contribution in [1.29, 1.82) is 0 Å². The van der Waals surface area contributed by atoms with E-state index in [1.807, 2.05) is 12.1 Å². The molecule has 2 heterocycles. The molecule has 1 atom stereocenters. The topological polar surface area (TPSA) is 41.7 Å². The third kappa shape index (κ3) is 3.03. The molecule has 0 unspecified atom stereocenters. The van der Waals surface area contributed by atoms with Gasteiger partial charge < -0.3 is 20.3 Å². The van der Waals surface area contributed by atoms with Gasteiger partial charge in [0.15, 0.2) is 0 Å². The van der Waals surface area contributed by atoms with Crippen LogP contribution in [0, 0.1) is 6.07 Å². The first-order chi connectivity index (χ1) is 9.74. The molecule has 5 heteroatoms. The molecular formula is C15H21ClN3O. The van der Waals surface area contributed by atoms with Gasteiger partial charge in [-0.05, 0) is 25.0 Å². The minimum absolute atomic E-state index is 0.261. The summed E-state index contributed by atoms with van der Waals surface area (Å²) in [5.74, 6) is 0. The molecule has 2 aliphatic heterocycles. The molecule has 4 nitrogen and oxygen atoms in total. The van der Waals surface area contributed by atoms with Crippen LogP contribution < -0.4 is 15.5 Å². The number of benzene rings is 1. The maximum absolute atomic E-state index is 6.15. The van der Waals surface area contributed by atoms with Gasteiger partial charge in [0.1, 0.15) is 0 Å². The number of hydrogen-bond donors (Lipinski definition) is 1. The van der Waals surface area contributed by atoms with E-state index in [0.717, 1.165) is 52.2 Å². The van der Waals surface area contributed by atoms with Crippen molar-refractivity contribution in [3.63, 3.8) is 0 Å². The van der Waals surface area contributed by atoms with Crippen LogP contribution in [0.5, 0.6) is 0 Å². The average Bonchev–Trinajstić information content (AvgIpc) is 2.48. The van der Waals surface area contributed by atoms with Gasteiger partial charge in [0.05, 0.1) is 29.6 Å². The lowest BCUT2D eigenvalue weighted by molar-refractivity contribution is 0.122. The van der Waals surface area contributed by atoms with Crippen LogP contribution in [0.2, 0.25) is 5.02 Å². The number of ether oxygens (including phenoxy) is 1. The van der Waals surface area contributed by atoms with Crippen molar-refractivity contribution in [2.45, 2.75) is 18.9 Å². The van der Waals surface area contributed by atoms with Gasteiger partial charge in [-0.25, -0.2) is 0 Å². The first-order valence-electron chi connectivity index (χ1n) is 7.28. The molecule has 1 aromatic carbocycles. The fourth-order valence-electron chi connectivity index (χ4n) is 2.99. The Labute approximate surface area is 125 Å². The fraction of sp³-hybridized carbons (Fsp3) is 0.600. The maximum atomic E-state index is 6.15. The number of anilines is 2. The van der Waals surface area contributed by atoms with E-state index in [1.54, 1.807) is 0 Å². The maximum Gasteiger partial charge on any atom is 0.0642 e. The lowest BCUT2D eigenvalue weighted by Crippen LogP contribution is -2.44. The van der Waals surface area contributed by atoms with Gasteiger partial charge in [-0.15, -0.1) is 0 Å². The minimum Gasteiger partial charge on any atom is -0.378 e. The Hall–Kier alpha value is -0.970. The molecule has 0 spiro atoms. The van der Waals surface area contributed by atoms with E-state index in [1.165, 1.54) is 11.4 Å². The molecule has 0 aliphatic carbocycles. The summed E-state index contributed by atoms with van der Waals surface area (Å²) in [6, 6.07) is 7.40. The highest BCUT2D eigenvalue weighted by Crippen LogP contribution is 2.34. The van der Waals surface area contributed by atoms with Gasteiger partial charge in [0.25, 0.3) is 0 Å². The van der Waals surface area contributed by atoms with Gasteiger partial charge in [-0.2, -0.15) is 0 Å². The summed E-state index contributed by atoms with van der Waals surface area (Å²) >= 11 is 6.15. The Morgan fingerprint density at radius 3 is 2.75 bits per heavy atom. The minimum atomic E-state index is 0.261. The molecule has 109 valence electrons. The zero-order chi connectivity index (χ0) is 13.9. The van der Waals surface area contributed by atoms with Crippen LogP contribution in [-0.2, 0) is 4.74 Å². The fourth-order valence-corrected chi connectivity index (χ4v) is 3.14. The zero-order valence-electron chi connectivity index (χ0n) is 11.6. The molecule has 20 heavy (non-hydrogen) atoms. The largest absolute Gasteiger partial charge is 0.378 e. The number of nitrogens with two attached hydrogens (primary N) is 1. The number of piperidine rings is 1. The average molecular weight is 295 g/mol. The molecule has 3 rings (SSSR count). The Morgan fingerprint density at radius 2 is 2.00 bits per heavy atom. The summed E-state index contributed by atoms with van der Waals surface area (Å²) in [6.07, 6.45) is 2.26. The molecule has 0 aromatic heterocycles. The number of nitrogens with zero attached hydrogens (tertiary/aromatic N) is 2. The van der Waals surface area contributed by atoms with E-state index >= 15 is 0 Å². The predicted octanol–water partition coefficient (Wildman–Crippen LogP) is 1.90. The van der Waals surface area contributed by atoms with Crippen LogP contribution in [-0.4, -0.2) is 45.4 Å². The highest BCUT2D eigenvalue weighted by atomic mass is 35.5. The van der Waals surface area contributed by atoms with Crippen molar-refractivity contribution in [1.82, 2.24) is 0 Å². The highest BCUT2D eigenvalue weighted by Gasteiger charge is 2.22. The van der Waals surface area contributed by atoms with E-state index in [9.17, 15) is 0 Å². The Kier molecular flexibility index (Phi) is 4.34. The van der Waals surface area contributed by atoms with E-state index < -0.39 is 0 Å². The summed E-state index contributed by atoms with van der Waals surface area (Å²) in [5.41, 5.74) is 8.50. The summed E-state index contributed by atoms with van der Waals surface area (Å²) in [6.45, 7) is 5.33. The quantitative estimate of drug-likeness (QED) is 0.905. The Morgan fingerprint density at radius 1 is 1.20 bits per heavy atom. The molecule has 2 saturated heterocycles. The predicted molar refractivity (Wildman–Crippen MR) is 82.7 cm³/mol. The summed E-state index contributed by atoms with van der Waals surface area (Å²) < 4.78 is 5.44. The molecule has 0 amide bonds. The van der Waals surface area contributed by atoms with E-state index in [2.05, 4.69) is 15.9 Å². The van der Waals surface area contributed by atoms with E-state index in [-0.39, 0.29) is 6.04 Å². The lowest BCUT2D eigenvalue weighted by Gasteiger charge is -2.37. The monoisotopic (exact) mass is 294 g/mol. The number of halogens is 1. The summed E-state index contributed by atoms with van der Waals surface area (Å²) in [5, 5.41) is 0.663. The van der Waals surface area contributed by atoms with E-state index in [4.69, 9.17) is 22.1 Å². The lowest BCUT2D eigenvalue weighted by atomic mass is 10.1. The molecule has 0 bridgehead atoms. The number of hydrogen-bond acceptors (Lipinski definition) is 4. The molecule has 1 aromatic rings. The second-order valence-electron chi connectivity index (χ2n) is 5.50. The third-order valence-electron chi connectivity index (χ3n) is 4.02. The van der Waals surface area contributed by atoms with Crippen LogP contribution in [0.25, 0.3) is 0 Å². The van der Waals surface area contributed by atoms with Crippen molar-refractivity contribution in [2.75, 3.05) is 49.2 Å². The van der Waals surface area contributed by atoms with Crippen molar-refractivity contribution in [3.05, 3.63) is 23.2 Å². The Balaban J connectivity index is 1.88. The first-order valence-corrected chi connectivity index (χ1v) is 7.66. The normalized spacial score (nSPS) is 24.0. The zero-order valence-corrected chi connectivity index (χ0v) is 12.4. The van der Waals surface area contributed by atoms with Crippen molar-refractivity contribution in [3.8, 4) is 0 Å². The van der Waals surface area contributed by atoms with Gasteiger partial charge in [-0.3, -0.25) is 0 Å². The van der Waals surface area contributed by atoms with Crippen molar-refractivity contribution >= 4 is 23.0 Å². The standard InChI is InChI=1S/C15H21ClN3O/c16-12-3-4-14(19-5-1-2-13(17)11-19)15(10-12)18-6-8-20-9-7-18/h4,10,13H,1-2,5-9,11,17H2/t13-/m1/s1. The molecule has 2 fully saturated rings. The van der Waals surface area contributed by atoms with E-state index in [0.29, 0.717) is 5.02 Å². The second-order valence-corrected chi connectivity index (χ2v) is 5.91. The van der Waals surface area contributed by atoms with Crippen molar-refractivity contribution in [2.24, 2.45) is 5.73 Å². The van der Waals surface area contributed by atoms with Gasteiger partial charge in [0, 0.05) is 38.3 Å². The molecule has 2 aliphatic rings. The van der Waals surface area contributed by atoms with Gasteiger partial charge in [-0.1, -0.05) is 11.6 Å². The van der Waals surface area contributed by atoms with Gasteiger partial charge in [0.2, 0.25) is 0 Å². The second kappa shape index (κ2) is 6.20. The summed E-state index contributed by atoms with van der Waals surface area (Å²) in [4.78, 5) is 4.71. The van der Waals surface area contributed by atoms with Crippen LogP contribution in [0.1, 0.15) is 12.8 Å². The Bertz CT molecular complexity index is 462. The SMILES string of the molecule is N[C@@H]1CCCN(c2c[c]c(Cl)cc2N2CCOCC2)C1. The smallest absolute Gasteiger partial charge is 0.0642 e. The summed E-state index contributed by atoms with van der Waals surface area (Å²) in [7, 11) is 0. The van der Waals surface area contributed by atoms with Gasteiger partial charge >= 0.3 is 0 Å². The molecule has 0 saturated carbocycles. The van der Waals surface area contributed by atoms with Crippen LogP contribution in [0.15, 0.2) is 12.1 Å². The van der Waals surface area contributed by atoms with Crippen LogP contribution in [0.3, 0.4) is 0 Å². The van der Waals surface area contributed by atoms with Crippen LogP contribution >= 0.6 is 11.6 Å². The first kappa shape index (κ1) is 14.0. The number of morpholine rings is 1. The molecule has 2 N–H and O–H groups in total. The number of rotatable bonds is 2. The third-order valence-corrected chi connectivity index (χ3v) is 4.24. The molecule has 1 radical (unpaired) electrons.